The predicted molar refractivity (Wildman–Crippen MR) is 79.4 cm³/mol. The molecule has 6 heteroatoms. The number of aliphatic hydroxyl groups is 1. The Balaban J connectivity index is 1.97. The molecule has 0 aliphatic carbocycles. The maximum atomic E-state index is 12.2. The van der Waals surface area contributed by atoms with Gasteiger partial charge in [-0.1, -0.05) is 12.1 Å². The van der Waals surface area contributed by atoms with E-state index in [1.807, 2.05) is 6.07 Å². The normalized spacial score (nSPS) is 10.7. The van der Waals surface area contributed by atoms with Crippen LogP contribution in [0.4, 0.5) is 0 Å². The van der Waals surface area contributed by atoms with Gasteiger partial charge in [0, 0.05) is 30.3 Å². The van der Waals surface area contributed by atoms with Gasteiger partial charge in [0.15, 0.2) is 0 Å². The number of aromatic amines is 1. The largest absolute Gasteiger partial charge is 0.394 e. The SMILES string of the molecule is O=C(NCCCOCCO)c1c[nH]c2ccccc2c1=O. The summed E-state index contributed by atoms with van der Waals surface area (Å²) in [7, 11) is 0. The molecule has 0 radical (unpaired) electrons. The summed E-state index contributed by atoms with van der Waals surface area (Å²) >= 11 is 0. The first kappa shape index (κ1) is 15.2. The third kappa shape index (κ3) is 3.90. The number of H-pyrrole nitrogens is 1. The fraction of sp³-hybridized carbons (Fsp3) is 0.333. The lowest BCUT2D eigenvalue weighted by molar-refractivity contribution is 0.0867. The van der Waals surface area contributed by atoms with Crippen molar-refractivity contribution in [3.8, 4) is 0 Å². The van der Waals surface area contributed by atoms with Crippen molar-refractivity contribution in [1.29, 1.82) is 0 Å². The summed E-state index contributed by atoms with van der Waals surface area (Å²) in [6.45, 7) is 1.14. The van der Waals surface area contributed by atoms with Gasteiger partial charge in [-0.25, -0.2) is 0 Å². The van der Waals surface area contributed by atoms with Gasteiger partial charge in [0.1, 0.15) is 5.56 Å². The number of aliphatic hydroxyl groups excluding tert-OH is 1. The van der Waals surface area contributed by atoms with Crippen molar-refractivity contribution in [3.05, 3.63) is 46.2 Å². The molecule has 1 aromatic heterocycles. The quantitative estimate of drug-likeness (QED) is 0.653. The minimum absolute atomic E-state index is 0.0151. The summed E-state index contributed by atoms with van der Waals surface area (Å²) in [6, 6.07) is 7.06. The van der Waals surface area contributed by atoms with Crippen molar-refractivity contribution in [3.63, 3.8) is 0 Å². The summed E-state index contributed by atoms with van der Waals surface area (Å²) in [5.74, 6) is -0.399. The molecule has 1 heterocycles. The molecule has 21 heavy (non-hydrogen) atoms. The van der Waals surface area contributed by atoms with E-state index in [9.17, 15) is 9.59 Å². The van der Waals surface area contributed by atoms with E-state index in [0.29, 0.717) is 30.5 Å². The van der Waals surface area contributed by atoms with Crippen molar-refractivity contribution < 1.29 is 14.6 Å². The highest BCUT2D eigenvalue weighted by Gasteiger charge is 2.11. The molecule has 0 spiro atoms. The van der Waals surface area contributed by atoms with Crippen LogP contribution in [-0.4, -0.2) is 42.4 Å². The third-order valence-corrected chi connectivity index (χ3v) is 3.02. The molecule has 2 rings (SSSR count). The van der Waals surface area contributed by atoms with E-state index in [4.69, 9.17) is 9.84 Å². The molecule has 6 nitrogen and oxygen atoms in total. The van der Waals surface area contributed by atoms with Gasteiger partial charge in [-0.3, -0.25) is 9.59 Å². The minimum atomic E-state index is -0.399. The van der Waals surface area contributed by atoms with Crippen LogP contribution in [-0.2, 0) is 4.74 Å². The second kappa shape index (κ2) is 7.56. The molecule has 112 valence electrons. The lowest BCUT2D eigenvalue weighted by Gasteiger charge is -2.06. The van der Waals surface area contributed by atoms with Crippen molar-refractivity contribution in [2.75, 3.05) is 26.4 Å². The number of ether oxygens (including phenoxy) is 1. The number of nitrogens with one attached hydrogen (secondary N) is 2. The average molecular weight is 290 g/mol. The zero-order chi connectivity index (χ0) is 15.1. The van der Waals surface area contributed by atoms with Gasteiger partial charge in [0.25, 0.3) is 5.91 Å². The van der Waals surface area contributed by atoms with Gasteiger partial charge < -0.3 is 20.1 Å². The summed E-state index contributed by atoms with van der Waals surface area (Å²) in [5.41, 5.74) is 0.528. The molecule has 0 unspecified atom stereocenters. The number of fused-ring (bicyclic) bond motifs is 1. The number of rotatable bonds is 7. The second-order valence-electron chi connectivity index (χ2n) is 4.52. The van der Waals surface area contributed by atoms with Crippen LogP contribution >= 0.6 is 0 Å². The number of carbonyl (C=O) groups is 1. The number of amides is 1. The van der Waals surface area contributed by atoms with Gasteiger partial charge >= 0.3 is 0 Å². The molecule has 0 atom stereocenters. The zero-order valence-corrected chi connectivity index (χ0v) is 11.6. The Morgan fingerprint density at radius 1 is 1.29 bits per heavy atom. The molecule has 0 fully saturated rings. The molecule has 0 aliphatic heterocycles. The Morgan fingerprint density at radius 2 is 2.10 bits per heavy atom. The minimum Gasteiger partial charge on any atom is -0.394 e. The first-order chi connectivity index (χ1) is 10.2. The van der Waals surface area contributed by atoms with Crippen LogP contribution in [0.15, 0.2) is 35.3 Å². The topological polar surface area (TPSA) is 91.4 Å². The highest BCUT2D eigenvalue weighted by atomic mass is 16.5. The van der Waals surface area contributed by atoms with E-state index in [1.165, 1.54) is 6.20 Å². The number of benzene rings is 1. The molecule has 1 aromatic carbocycles. The Morgan fingerprint density at radius 3 is 2.90 bits per heavy atom. The van der Waals surface area contributed by atoms with E-state index in [0.717, 1.165) is 0 Å². The van der Waals surface area contributed by atoms with Crippen LogP contribution in [0, 0.1) is 0 Å². The molecular weight excluding hydrogens is 272 g/mol. The lowest BCUT2D eigenvalue weighted by atomic mass is 10.1. The van der Waals surface area contributed by atoms with Crippen molar-refractivity contribution >= 4 is 16.8 Å². The summed E-state index contributed by atoms with van der Waals surface area (Å²) in [4.78, 5) is 27.1. The molecule has 1 amide bonds. The summed E-state index contributed by atoms with van der Waals surface area (Å²) in [5, 5.41) is 11.7. The number of aromatic nitrogens is 1. The first-order valence-corrected chi connectivity index (χ1v) is 6.81. The van der Waals surface area contributed by atoms with Crippen molar-refractivity contribution in [2.45, 2.75) is 6.42 Å². The van der Waals surface area contributed by atoms with Crippen LogP contribution in [0.5, 0.6) is 0 Å². The third-order valence-electron chi connectivity index (χ3n) is 3.02. The summed E-state index contributed by atoms with van der Waals surface area (Å²) < 4.78 is 5.08. The van der Waals surface area contributed by atoms with E-state index in [2.05, 4.69) is 10.3 Å². The van der Waals surface area contributed by atoms with E-state index in [-0.39, 0.29) is 24.2 Å². The maximum Gasteiger partial charge on any atom is 0.256 e. The van der Waals surface area contributed by atoms with Gasteiger partial charge in [0.05, 0.1) is 13.2 Å². The molecule has 0 bridgehead atoms. The highest BCUT2D eigenvalue weighted by molar-refractivity contribution is 5.97. The first-order valence-electron chi connectivity index (χ1n) is 6.81. The lowest BCUT2D eigenvalue weighted by Crippen LogP contribution is -2.30. The van der Waals surface area contributed by atoms with Crippen molar-refractivity contribution in [1.82, 2.24) is 10.3 Å². The fourth-order valence-corrected chi connectivity index (χ4v) is 1.97. The Kier molecular flexibility index (Phi) is 5.48. The predicted octanol–water partition coefficient (Wildman–Crippen LogP) is 0.657. The van der Waals surface area contributed by atoms with Gasteiger partial charge in [-0.15, -0.1) is 0 Å². The maximum absolute atomic E-state index is 12.2. The van der Waals surface area contributed by atoms with Crippen LogP contribution < -0.4 is 10.7 Å². The number of pyridine rings is 1. The van der Waals surface area contributed by atoms with E-state index >= 15 is 0 Å². The molecule has 2 aromatic rings. The average Bonchev–Trinajstić information content (AvgIpc) is 2.51. The highest BCUT2D eigenvalue weighted by Crippen LogP contribution is 2.06. The molecule has 3 N–H and O–H groups in total. The number of hydrogen-bond acceptors (Lipinski definition) is 4. The van der Waals surface area contributed by atoms with Crippen LogP contribution in [0.25, 0.3) is 10.9 Å². The summed E-state index contributed by atoms with van der Waals surface area (Å²) in [6.07, 6.45) is 2.06. The Bertz CT molecular complexity index is 666. The Labute approximate surface area is 121 Å². The second-order valence-corrected chi connectivity index (χ2v) is 4.52. The fourth-order valence-electron chi connectivity index (χ4n) is 1.97. The number of para-hydroxylation sites is 1. The van der Waals surface area contributed by atoms with E-state index in [1.54, 1.807) is 18.2 Å². The number of hydrogen-bond donors (Lipinski definition) is 3. The van der Waals surface area contributed by atoms with Crippen molar-refractivity contribution in [2.24, 2.45) is 0 Å². The van der Waals surface area contributed by atoms with E-state index < -0.39 is 5.91 Å². The molecule has 0 aliphatic rings. The van der Waals surface area contributed by atoms with Gasteiger partial charge in [-0.2, -0.15) is 0 Å². The van der Waals surface area contributed by atoms with Crippen LogP contribution in [0.3, 0.4) is 0 Å². The van der Waals surface area contributed by atoms with Gasteiger partial charge in [0.2, 0.25) is 5.43 Å². The standard InChI is InChI=1S/C15H18N2O4/c18-7-9-21-8-3-6-16-15(20)12-10-17-13-5-2-1-4-11(13)14(12)19/h1-2,4-5,10,18H,3,6-9H2,(H,16,20)(H,17,19). The number of carbonyl (C=O) groups excluding carboxylic acids is 1. The smallest absolute Gasteiger partial charge is 0.256 e. The van der Waals surface area contributed by atoms with Gasteiger partial charge in [-0.05, 0) is 18.6 Å². The molecule has 0 saturated carbocycles. The van der Waals surface area contributed by atoms with Crippen LogP contribution in [0.1, 0.15) is 16.8 Å². The van der Waals surface area contributed by atoms with Crippen LogP contribution in [0.2, 0.25) is 0 Å². The molecule has 0 saturated heterocycles. The monoisotopic (exact) mass is 290 g/mol. The Hall–Kier alpha value is -2.18. The zero-order valence-electron chi connectivity index (χ0n) is 11.6. The molecular formula is C15H18N2O4.